The molecule has 1 atom stereocenters. The number of likely N-dealkylation sites (N-methyl/N-ethyl adjacent to an activating group) is 1. The molecule has 0 aliphatic carbocycles. The summed E-state index contributed by atoms with van der Waals surface area (Å²) >= 11 is 0. The summed E-state index contributed by atoms with van der Waals surface area (Å²) in [6.45, 7) is 4.65. The van der Waals surface area contributed by atoms with Crippen LogP contribution in [0.15, 0.2) is 24.5 Å². The third kappa shape index (κ3) is 3.71. The second-order valence-corrected chi connectivity index (χ2v) is 5.24. The van der Waals surface area contributed by atoms with Crippen molar-refractivity contribution in [2.75, 3.05) is 7.05 Å². The fourth-order valence-electron chi connectivity index (χ4n) is 2.40. The van der Waals surface area contributed by atoms with Gasteiger partial charge in [0.1, 0.15) is 6.04 Å². The molecule has 114 valence electrons. The van der Waals surface area contributed by atoms with Crippen LogP contribution in [0, 0.1) is 0 Å². The molecule has 6 nitrogen and oxygen atoms in total. The molecule has 0 saturated heterocycles. The number of carbonyl (C=O) groups is 1. The van der Waals surface area contributed by atoms with Crippen LogP contribution in [0.4, 0.5) is 0 Å². The summed E-state index contributed by atoms with van der Waals surface area (Å²) < 4.78 is 1.72. The Morgan fingerprint density at radius 3 is 2.90 bits per heavy atom. The molecule has 0 fully saturated rings. The number of aromatic nitrogens is 4. The van der Waals surface area contributed by atoms with E-state index in [9.17, 15) is 4.79 Å². The summed E-state index contributed by atoms with van der Waals surface area (Å²) in [7, 11) is 1.81. The maximum absolute atomic E-state index is 12.5. The summed E-state index contributed by atoms with van der Waals surface area (Å²) in [5, 5.41) is 11.4. The third-order valence-corrected chi connectivity index (χ3v) is 3.49. The minimum absolute atomic E-state index is 0.0628. The second-order valence-electron chi connectivity index (χ2n) is 5.24. The van der Waals surface area contributed by atoms with Gasteiger partial charge in [0.25, 0.3) is 0 Å². The summed E-state index contributed by atoms with van der Waals surface area (Å²) in [6.07, 6.45) is 6.27. The van der Waals surface area contributed by atoms with Gasteiger partial charge in [-0.3, -0.25) is 14.6 Å². The number of amides is 1. The van der Waals surface area contributed by atoms with Crippen molar-refractivity contribution < 1.29 is 4.79 Å². The number of rotatable bonds is 7. The van der Waals surface area contributed by atoms with E-state index in [0.29, 0.717) is 6.54 Å². The lowest BCUT2D eigenvalue weighted by atomic mass is 10.2. The molecule has 0 bridgehead atoms. The lowest BCUT2D eigenvalue weighted by molar-refractivity contribution is -0.134. The van der Waals surface area contributed by atoms with Crippen molar-refractivity contribution in [2.24, 2.45) is 0 Å². The Hall–Kier alpha value is -2.11. The molecule has 0 aliphatic heterocycles. The summed E-state index contributed by atoms with van der Waals surface area (Å²) in [5.41, 5.74) is 2.01. The summed E-state index contributed by atoms with van der Waals surface area (Å²) in [5.74, 6) is 0.0628. The summed E-state index contributed by atoms with van der Waals surface area (Å²) in [4.78, 5) is 14.3. The fraction of sp³-hybridized carbons (Fsp3) is 0.533. The molecule has 0 radical (unpaired) electrons. The molecule has 0 spiro atoms. The highest BCUT2D eigenvalue weighted by molar-refractivity contribution is 5.80. The Morgan fingerprint density at radius 2 is 2.29 bits per heavy atom. The van der Waals surface area contributed by atoms with Crippen molar-refractivity contribution in [3.63, 3.8) is 0 Å². The standard InChI is InChI=1S/C15H23N5O/c1-4-7-12-10-13(18-17-12)11-19(3)15(21)14(5-2)20-9-6-8-16-20/h6,8-10,14H,4-5,7,11H2,1-3H3,(H,17,18). The average molecular weight is 289 g/mol. The molecule has 6 heteroatoms. The monoisotopic (exact) mass is 289 g/mol. The van der Waals surface area contributed by atoms with Crippen molar-refractivity contribution in [3.05, 3.63) is 35.9 Å². The predicted octanol–water partition coefficient (Wildman–Crippen LogP) is 2.17. The number of H-pyrrole nitrogens is 1. The Labute approximate surface area is 125 Å². The number of hydrogen-bond acceptors (Lipinski definition) is 3. The minimum atomic E-state index is -0.247. The molecule has 21 heavy (non-hydrogen) atoms. The highest BCUT2D eigenvalue weighted by Crippen LogP contribution is 2.14. The van der Waals surface area contributed by atoms with Crippen LogP contribution >= 0.6 is 0 Å². The van der Waals surface area contributed by atoms with Crippen LogP contribution in [0.2, 0.25) is 0 Å². The van der Waals surface area contributed by atoms with Gasteiger partial charge in [-0.2, -0.15) is 10.2 Å². The maximum Gasteiger partial charge on any atom is 0.247 e. The normalized spacial score (nSPS) is 12.3. The van der Waals surface area contributed by atoms with Gasteiger partial charge in [0, 0.05) is 19.4 Å². The Morgan fingerprint density at radius 1 is 1.48 bits per heavy atom. The molecule has 2 aromatic rings. The van der Waals surface area contributed by atoms with E-state index >= 15 is 0 Å². The van der Waals surface area contributed by atoms with Crippen LogP contribution < -0.4 is 0 Å². The molecule has 2 aromatic heterocycles. The van der Waals surface area contributed by atoms with Gasteiger partial charge in [-0.25, -0.2) is 0 Å². The van der Waals surface area contributed by atoms with Gasteiger partial charge in [-0.15, -0.1) is 0 Å². The quantitative estimate of drug-likeness (QED) is 0.849. The van der Waals surface area contributed by atoms with Crippen LogP contribution in [0.5, 0.6) is 0 Å². The van der Waals surface area contributed by atoms with Gasteiger partial charge in [-0.1, -0.05) is 20.3 Å². The molecule has 1 amide bonds. The topological polar surface area (TPSA) is 66.8 Å². The van der Waals surface area contributed by atoms with Crippen molar-refractivity contribution in [2.45, 2.75) is 45.7 Å². The summed E-state index contributed by atoms with van der Waals surface area (Å²) in [6, 6.07) is 3.62. The number of aryl methyl sites for hydroxylation is 1. The van der Waals surface area contributed by atoms with E-state index in [1.807, 2.05) is 32.3 Å². The lowest BCUT2D eigenvalue weighted by Crippen LogP contribution is -2.34. The maximum atomic E-state index is 12.5. The lowest BCUT2D eigenvalue weighted by Gasteiger charge is -2.22. The minimum Gasteiger partial charge on any atom is -0.338 e. The number of carbonyl (C=O) groups excluding carboxylic acids is 1. The zero-order valence-electron chi connectivity index (χ0n) is 12.9. The first kappa shape index (κ1) is 15.3. The van der Waals surface area contributed by atoms with Crippen LogP contribution in [-0.2, 0) is 17.8 Å². The van der Waals surface area contributed by atoms with E-state index in [-0.39, 0.29) is 11.9 Å². The van der Waals surface area contributed by atoms with Crippen LogP contribution in [0.25, 0.3) is 0 Å². The zero-order valence-corrected chi connectivity index (χ0v) is 12.9. The number of aromatic amines is 1. The van der Waals surface area contributed by atoms with E-state index in [0.717, 1.165) is 30.7 Å². The predicted molar refractivity (Wildman–Crippen MR) is 80.6 cm³/mol. The SMILES string of the molecule is CCCc1cc(CN(C)C(=O)C(CC)n2cccn2)[nH]n1. The molecular formula is C15H23N5O. The molecule has 1 N–H and O–H groups in total. The van der Waals surface area contributed by atoms with Crippen molar-refractivity contribution in [1.29, 1.82) is 0 Å². The van der Waals surface area contributed by atoms with E-state index < -0.39 is 0 Å². The number of hydrogen-bond donors (Lipinski definition) is 1. The molecule has 0 saturated carbocycles. The van der Waals surface area contributed by atoms with Gasteiger partial charge in [0.05, 0.1) is 17.9 Å². The first-order valence-electron chi connectivity index (χ1n) is 7.43. The van der Waals surface area contributed by atoms with E-state index in [1.54, 1.807) is 15.8 Å². The molecule has 2 heterocycles. The van der Waals surface area contributed by atoms with Crippen molar-refractivity contribution in [1.82, 2.24) is 24.9 Å². The first-order chi connectivity index (χ1) is 10.2. The zero-order chi connectivity index (χ0) is 15.2. The Balaban J connectivity index is 2.01. The van der Waals surface area contributed by atoms with Crippen LogP contribution in [-0.4, -0.2) is 37.8 Å². The van der Waals surface area contributed by atoms with Gasteiger partial charge in [0.2, 0.25) is 5.91 Å². The highest BCUT2D eigenvalue weighted by Gasteiger charge is 2.22. The Bertz CT molecular complexity index is 560. The third-order valence-electron chi connectivity index (χ3n) is 3.49. The molecular weight excluding hydrogens is 266 g/mol. The van der Waals surface area contributed by atoms with Crippen LogP contribution in [0.1, 0.15) is 44.1 Å². The Kier molecular flexibility index (Phi) is 5.14. The van der Waals surface area contributed by atoms with E-state index in [4.69, 9.17) is 0 Å². The second kappa shape index (κ2) is 7.06. The smallest absolute Gasteiger partial charge is 0.247 e. The van der Waals surface area contributed by atoms with E-state index in [1.165, 1.54) is 0 Å². The van der Waals surface area contributed by atoms with Gasteiger partial charge in [0.15, 0.2) is 0 Å². The molecule has 0 aliphatic rings. The van der Waals surface area contributed by atoms with Crippen molar-refractivity contribution >= 4 is 5.91 Å². The highest BCUT2D eigenvalue weighted by atomic mass is 16.2. The number of nitrogens with zero attached hydrogens (tertiary/aromatic N) is 4. The van der Waals surface area contributed by atoms with Gasteiger partial charge < -0.3 is 4.90 Å². The average Bonchev–Trinajstić information content (AvgIpc) is 3.12. The largest absolute Gasteiger partial charge is 0.338 e. The van der Waals surface area contributed by atoms with E-state index in [2.05, 4.69) is 22.2 Å². The van der Waals surface area contributed by atoms with Gasteiger partial charge >= 0.3 is 0 Å². The fourth-order valence-corrected chi connectivity index (χ4v) is 2.40. The van der Waals surface area contributed by atoms with Crippen LogP contribution in [0.3, 0.4) is 0 Å². The molecule has 0 aromatic carbocycles. The molecule has 1 unspecified atom stereocenters. The van der Waals surface area contributed by atoms with Gasteiger partial charge in [-0.05, 0) is 25.0 Å². The number of nitrogens with one attached hydrogen (secondary N) is 1. The molecule has 2 rings (SSSR count). The first-order valence-corrected chi connectivity index (χ1v) is 7.43. The van der Waals surface area contributed by atoms with Crippen molar-refractivity contribution in [3.8, 4) is 0 Å².